The van der Waals surface area contributed by atoms with Crippen molar-refractivity contribution >= 4 is 39.9 Å². The average molecular weight is 382 g/mol. The van der Waals surface area contributed by atoms with Crippen LogP contribution in [0.4, 0.5) is 11.4 Å². The fourth-order valence-electron chi connectivity index (χ4n) is 1.78. The van der Waals surface area contributed by atoms with Gasteiger partial charge in [0.2, 0.25) is 0 Å². The summed E-state index contributed by atoms with van der Waals surface area (Å²) in [6, 6.07) is 11.7. The van der Waals surface area contributed by atoms with E-state index < -0.39 is 4.92 Å². The van der Waals surface area contributed by atoms with Crippen molar-refractivity contribution in [3.8, 4) is 0 Å². The first-order valence-electron chi connectivity index (χ1n) is 5.80. The number of carbonyl (C=O) groups excluding carboxylic acids is 1. The second kappa shape index (κ2) is 6.00. The number of carbonyl (C=O) groups is 1. The van der Waals surface area contributed by atoms with Gasteiger partial charge in [0.15, 0.2) is 0 Å². The molecule has 0 saturated heterocycles. The van der Waals surface area contributed by atoms with Crippen molar-refractivity contribution in [3.63, 3.8) is 0 Å². The van der Waals surface area contributed by atoms with E-state index in [0.717, 1.165) is 3.57 Å². The molecule has 0 unspecified atom stereocenters. The molecule has 0 atom stereocenters. The van der Waals surface area contributed by atoms with Crippen molar-refractivity contribution in [2.75, 3.05) is 5.32 Å². The van der Waals surface area contributed by atoms with Gasteiger partial charge < -0.3 is 5.32 Å². The third-order valence-corrected chi connectivity index (χ3v) is 3.51. The Balaban J connectivity index is 2.29. The van der Waals surface area contributed by atoms with Crippen LogP contribution >= 0.6 is 22.6 Å². The molecule has 0 spiro atoms. The van der Waals surface area contributed by atoms with Gasteiger partial charge >= 0.3 is 0 Å². The number of rotatable bonds is 3. The van der Waals surface area contributed by atoms with Gasteiger partial charge in [-0.15, -0.1) is 0 Å². The average Bonchev–Trinajstić information content (AvgIpc) is 2.40. The van der Waals surface area contributed by atoms with Crippen LogP contribution in [-0.2, 0) is 0 Å². The summed E-state index contributed by atoms with van der Waals surface area (Å²) >= 11 is 2.12. The van der Waals surface area contributed by atoms with E-state index in [1.807, 2.05) is 6.07 Å². The van der Waals surface area contributed by atoms with E-state index in [4.69, 9.17) is 0 Å². The van der Waals surface area contributed by atoms with E-state index in [2.05, 4.69) is 27.9 Å². The summed E-state index contributed by atoms with van der Waals surface area (Å²) in [7, 11) is 0. The zero-order valence-corrected chi connectivity index (χ0v) is 12.7. The minimum absolute atomic E-state index is 0.00885. The number of nitro groups is 1. The second-order valence-electron chi connectivity index (χ2n) is 4.17. The van der Waals surface area contributed by atoms with Gasteiger partial charge in [0.25, 0.3) is 11.6 Å². The molecule has 5 nitrogen and oxygen atoms in total. The molecule has 0 fully saturated rings. The van der Waals surface area contributed by atoms with Gasteiger partial charge in [0.1, 0.15) is 0 Å². The lowest BCUT2D eigenvalue weighted by Gasteiger charge is -2.08. The summed E-state index contributed by atoms with van der Waals surface area (Å²) in [6.07, 6.45) is 0. The number of hydrogen-bond donors (Lipinski definition) is 1. The first-order valence-corrected chi connectivity index (χ1v) is 6.88. The molecular weight excluding hydrogens is 371 g/mol. The zero-order valence-electron chi connectivity index (χ0n) is 10.6. The fraction of sp³-hybridized carbons (Fsp3) is 0.0714. The number of benzene rings is 2. The highest BCUT2D eigenvalue weighted by atomic mass is 127. The van der Waals surface area contributed by atoms with Crippen LogP contribution in [0.15, 0.2) is 42.5 Å². The molecule has 0 heterocycles. The van der Waals surface area contributed by atoms with Gasteiger partial charge in [-0.25, -0.2) is 0 Å². The van der Waals surface area contributed by atoms with Crippen molar-refractivity contribution in [2.24, 2.45) is 0 Å². The van der Waals surface area contributed by atoms with Gasteiger partial charge in [-0.1, -0.05) is 12.1 Å². The largest absolute Gasteiger partial charge is 0.321 e. The SMILES string of the molecule is Cc1c(NC(=O)c2cccc(I)c2)cccc1[N+](=O)[O-]. The van der Waals surface area contributed by atoms with Crippen LogP contribution in [-0.4, -0.2) is 10.8 Å². The number of anilines is 1. The van der Waals surface area contributed by atoms with E-state index in [0.29, 0.717) is 16.8 Å². The van der Waals surface area contributed by atoms with Crippen molar-refractivity contribution in [1.82, 2.24) is 0 Å². The van der Waals surface area contributed by atoms with Crippen LogP contribution in [0.3, 0.4) is 0 Å². The summed E-state index contributed by atoms with van der Waals surface area (Å²) in [5.41, 5.74) is 1.40. The molecule has 2 aromatic carbocycles. The molecule has 0 aliphatic carbocycles. The van der Waals surface area contributed by atoms with E-state index in [1.165, 1.54) is 6.07 Å². The Morgan fingerprint density at radius 2 is 1.95 bits per heavy atom. The second-order valence-corrected chi connectivity index (χ2v) is 5.42. The maximum atomic E-state index is 12.1. The highest BCUT2D eigenvalue weighted by molar-refractivity contribution is 14.1. The molecule has 0 saturated carbocycles. The lowest BCUT2D eigenvalue weighted by Crippen LogP contribution is -2.13. The number of halogens is 1. The Labute approximate surface area is 129 Å². The van der Waals surface area contributed by atoms with Crippen LogP contribution in [0.1, 0.15) is 15.9 Å². The number of nitrogens with one attached hydrogen (secondary N) is 1. The van der Waals surface area contributed by atoms with E-state index in [1.54, 1.807) is 37.3 Å². The Bertz CT molecular complexity index is 686. The topological polar surface area (TPSA) is 72.2 Å². The Hall–Kier alpha value is -1.96. The summed E-state index contributed by atoms with van der Waals surface area (Å²) in [5, 5.41) is 13.6. The number of hydrogen-bond acceptors (Lipinski definition) is 3. The van der Waals surface area contributed by atoms with E-state index >= 15 is 0 Å². The Morgan fingerprint density at radius 3 is 2.60 bits per heavy atom. The fourth-order valence-corrected chi connectivity index (χ4v) is 2.32. The zero-order chi connectivity index (χ0) is 14.7. The van der Waals surface area contributed by atoms with E-state index in [9.17, 15) is 14.9 Å². The minimum Gasteiger partial charge on any atom is -0.321 e. The summed E-state index contributed by atoms with van der Waals surface area (Å²) < 4.78 is 0.950. The molecule has 20 heavy (non-hydrogen) atoms. The van der Waals surface area contributed by atoms with Crippen LogP contribution < -0.4 is 5.32 Å². The molecule has 1 N–H and O–H groups in total. The van der Waals surface area contributed by atoms with Crippen molar-refractivity contribution in [3.05, 3.63) is 67.3 Å². The summed E-state index contributed by atoms with van der Waals surface area (Å²) in [5.74, 6) is -0.285. The molecule has 0 aliphatic heterocycles. The molecule has 0 aliphatic rings. The first kappa shape index (κ1) is 14.4. The minimum atomic E-state index is -0.462. The predicted molar refractivity (Wildman–Crippen MR) is 84.9 cm³/mol. The molecule has 6 heteroatoms. The van der Waals surface area contributed by atoms with Crippen LogP contribution in [0.25, 0.3) is 0 Å². The number of amides is 1. The molecule has 0 bridgehead atoms. The van der Waals surface area contributed by atoms with Gasteiger partial charge in [-0.2, -0.15) is 0 Å². The molecular formula is C14H11IN2O3. The third-order valence-electron chi connectivity index (χ3n) is 2.84. The highest BCUT2D eigenvalue weighted by Gasteiger charge is 2.15. The van der Waals surface area contributed by atoms with E-state index in [-0.39, 0.29) is 11.6 Å². The highest BCUT2D eigenvalue weighted by Crippen LogP contribution is 2.25. The molecule has 0 aromatic heterocycles. The number of nitrogens with zero attached hydrogens (tertiary/aromatic N) is 1. The van der Waals surface area contributed by atoms with Gasteiger partial charge in [-0.05, 0) is 53.8 Å². The predicted octanol–water partition coefficient (Wildman–Crippen LogP) is 3.76. The normalized spacial score (nSPS) is 10.1. The first-order chi connectivity index (χ1) is 9.49. The summed E-state index contributed by atoms with van der Waals surface area (Å²) in [6.45, 7) is 1.61. The monoisotopic (exact) mass is 382 g/mol. The Morgan fingerprint density at radius 1 is 1.25 bits per heavy atom. The molecule has 2 aromatic rings. The van der Waals surface area contributed by atoms with Crippen molar-refractivity contribution < 1.29 is 9.72 Å². The van der Waals surface area contributed by atoms with Gasteiger partial charge in [-0.3, -0.25) is 14.9 Å². The standard InChI is InChI=1S/C14H11IN2O3/c1-9-12(6-3-7-13(9)17(19)20)16-14(18)10-4-2-5-11(15)8-10/h2-8H,1H3,(H,16,18). The van der Waals surface area contributed by atoms with Crippen LogP contribution in [0.5, 0.6) is 0 Å². The smallest absolute Gasteiger partial charge is 0.274 e. The maximum absolute atomic E-state index is 12.1. The quantitative estimate of drug-likeness (QED) is 0.499. The van der Waals surface area contributed by atoms with Crippen molar-refractivity contribution in [2.45, 2.75) is 6.92 Å². The number of nitro benzene ring substituents is 1. The lowest BCUT2D eigenvalue weighted by molar-refractivity contribution is -0.385. The molecule has 2 rings (SSSR count). The third kappa shape index (κ3) is 3.13. The molecule has 1 amide bonds. The summed E-state index contributed by atoms with van der Waals surface area (Å²) in [4.78, 5) is 22.5. The van der Waals surface area contributed by atoms with Gasteiger partial charge in [0.05, 0.1) is 16.2 Å². The van der Waals surface area contributed by atoms with Crippen LogP contribution in [0.2, 0.25) is 0 Å². The van der Waals surface area contributed by atoms with Crippen molar-refractivity contribution in [1.29, 1.82) is 0 Å². The lowest BCUT2D eigenvalue weighted by atomic mass is 10.1. The maximum Gasteiger partial charge on any atom is 0.274 e. The Kier molecular flexibility index (Phi) is 4.33. The molecule has 0 radical (unpaired) electrons. The van der Waals surface area contributed by atoms with Crippen LogP contribution in [0, 0.1) is 20.6 Å². The molecule has 102 valence electrons. The van der Waals surface area contributed by atoms with Gasteiger partial charge in [0, 0.05) is 15.2 Å².